The lowest BCUT2D eigenvalue weighted by molar-refractivity contribution is 0.248. The number of hydrogen-bond acceptors (Lipinski definition) is 2. The molecule has 0 radical (unpaired) electrons. The minimum Gasteiger partial charge on any atom is -0.459 e. The molecular formula is C17H23NO. The van der Waals surface area contributed by atoms with Crippen molar-refractivity contribution in [1.29, 1.82) is 0 Å². The number of furan rings is 1. The first kappa shape index (κ1) is 12.7. The van der Waals surface area contributed by atoms with E-state index in [4.69, 9.17) is 4.42 Å². The van der Waals surface area contributed by atoms with Crippen molar-refractivity contribution < 1.29 is 4.42 Å². The first-order chi connectivity index (χ1) is 9.34. The quantitative estimate of drug-likeness (QED) is 0.869. The zero-order chi connectivity index (χ0) is 13.1. The molecule has 2 heteroatoms. The highest BCUT2D eigenvalue weighted by Gasteiger charge is 2.34. The van der Waals surface area contributed by atoms with Gasteiger partial charge in [-0.2, -0.15) is 0 Å². The van der Waals surface area contributed by atoms with Gasteiger partial charge in [-0.25, -0.2) is 0 Å². The molecule has 3 rings (SSSR count). The van der Waals surface area contributed by atoms with Crippen LogP contribution in [-0.4, -0.2) is 6.54 Å². The fraction of sp³-hybridized carbons (Fsp3) is 0.529. The van der Waals surface area contributed by atoms with Gasteiger partial charge in [-0.15, -0.1) is 0 Å². The van der Waals surface area contributed by atoms with E-state index in [9.17, 15) is 0 Å². The van der Waals surface area contributed by atoms with Crippen molar-refractivity contribution in [3.05, 3.63) is 36.1 Å². The molecule has 2 nitrogen and oxygen atoms in total. The molecule has 102 valence electrons. The van der Waals surface area contributed by atoms with Crippen molar-refractivity contribution >= 4 is 11.0 Å². The van der Waals surface area contributed by atoms with Gasteiger partial charge in [0.2, 0.25) is 0 Å². The van der Waals surface area contributed by atoms with Gasteiger partial charge in [0, 0.05) is 5.39 Å². The van der Waals surface area contributed by atoms with E-state index in [2.05, 4.69) is 36.5 Å². The van der Waals surface area contributed by atoms with E-state index in [0.717, 1.165) is 24.3 Å². The predicted octanol–water partition coefficient (Wildman–Crippen LogP) is 4.59. The summed E-state index contributed by atoms with van der Waals surface area (Å²) >= 11 is 0. The Hall–Kier alpha value is -1.28. The van der Waals surface area contributed by atoms with Gasteiger partial charge >= 0.3 is 0 Å². The van der Waals surface area contributed by atoms with Crippen molar-refractivity contribution in [1.82, 2.24) is 5.32 Å². The van der Waals surface area contributed by atoms with Crippen LogP contribution in [0, 0.1) is 0 Å². The Labute approximate surface area is 115 Å². The molecule has 1 aliphatic rings. The van der Waals surface area contributed by atoms with Crippen LogP contribution < -0.4 is 5.32 Å². The minimum absolute atomic E-state index is 0.0598. The highest BCUT2D eigenvalue weighted by atomic mass is 16.3. The van der Waals surface area contributed by atoms with Crippen LogP contribution in [0.3, 0.4) is 0 Å². The molecule has 19 heavy (non-hydrogen) atoms. The van der Waals surface area contributed by atoms with Crippen LogP contribution in [0.2, 0.25) is 0 Å². The molecule has 2 heterocycles. The van der Waals surface area contributed by atoms with Crippen molar-refractivity contribution in [2.24, 2.45) is 0 Å². The van der Waals surface area contributed by atoms with Gasteiger partial charge in [0.15, 0.2) is 0 Å². The van der Waals surface area contributed by atoms with E-state index in [-0.39, 0.29) is 5.54 Å². The van der Waals surface area contributed by atoms with Gasteiger partial charge in [0.25, 0.3) is 0 Å². The van der Waals surface area contributed by atoms with Crippen molar-refractivity contribution in [2.45, 2.75) is 51.0 Å². The van der Waals surface area contributed by atoms with Crippen LogP contribution in [0.1, 0.15) is 51.2 Å². The average Bonchev–Trinajstić information content (AvgIpc) is 2.73. The number of para-hydroxylation sites is 1. The van der Waals surface area contributed by atoms with Gasteiger partial charge in [-0.1, -0.05) is 44.4 Å². The fourth-order valence-corrected chi connectivity index (χ4v) is 3.34. The first-order valence-electron chi connectivity index (χ1n) is 7.58. The summed E-state index contributed by atoms with van der Waals surface area (Å²) in [6.45, 7) is 3.37. The van der Waals surface area contributed by atoms with E-state index in [1.807, 2.05) is 6.07 Å². The third-order valence-electron chi connectivity index (χ3n) is 4.32. The van der Waals surface area contributed by atoms with Crippen LogP contribution in [0.25, 0.3) is 11.0 Å². The van der Waals surface area contributed by atoms with E-state index in [0.29, 0.717) is 0 Å². The number of rotatable bonds is 3. The lowest BCUT2D eigenvalue weighted by atomic mass is 9.86. The molecule has 0 spiro atoms. The minimum atomic E-state index is 0.0598. The highest BCUT2D eigenvalue weighted by Crippen LogP contribution is 2.37. The van der Waals surface area contributed by atoms with Crippen molar-refractivity contribution in [3.8, 4) is 0 Å². The van der Waals surface area contributed by atoms with E-state index in [1.165, 1.54) is 37.5 Å². The van der Waals surface area contributed by atoms with Crippen LogP contribution in [0.4, 0.5) is 0 Å². The lowest BCUT2D eigenvalue weighted by Gasteiger charge is -2.31. The molecule has 1 saturated heterocycles. The van der Waals surface area contributed by atoms with Gasteiger partial charge < -0.3 is 9.73 Å². The molecule has 1 aromatic heterocycles. The monoisotopic (exact) mass is 257 g/mol. The average molecular weight is 257 g/mol. The Morgan fingerprint density at radius 2 is 2.11 bits per heavy atom. The van der Waals surface area contributed by atoms with E-state index in [1.54, 1.807) is 0 Å². The molecule has 0 bridgehead atoms. The van der Waals surface area contributed by atoms with Gasteiger partial charge in [0.05, 0.1) is 5.54 Å². The van der Waals surface area contributed by atoms with Crippen molar-refractivity contribution in [2.75, 3.05) is 6.54 Å². The summed E-state index contributed by atoms with van der Waals surface area (Å²) in [5.41, 5.74) is 1.07. The Morgan fingerprint density at radius 1 is 1.21 bits per heavy atom. The molecule has 1 N–H and O–H groups in total. The lowest BCUT2D eigenvalue weighted by Crippen LogP contribution is -2.41. The smallest absolute Gasteiger partial charge is 0.134 e. The van der Waals surface area contributed by atoms with Crippen LogP contribution in [0.15, 0.2) is 34.7 Å². The molecule has 1 aliphatic heterocycles. The Kier molecular flexibility index (Phi) is 3.61. The predicted molar refractivity (Wildman–Crippen MR) is 79.3 cm³/mol. The van der Waals surface area contributed by atoms with E-state index < -0.39 is 0 Å². The van der Waals surface area contributed by atoms with Gasteiger partial charge in [-0.3, -0.25) is 0 Å². The summed E-state index contributed by atoms with van der Waals surface area (Å²) in [5, 5.41) is 5.00. The summed E-state index contributed by atoms with van der Waals surface area (Å²) in [6, 6.07) is 10.6. The summed E-state index contributed by atoms with van der Waals surface area (Å²) < 4.78 is 6.16. The summed E-state index contributed by atoms with van der Waals surface area (Å²) in [5.74, 6) is 1.14. The van der Waals surface area contributed by atoms with Crippen molar-refractivity contribution in [3.63, 3.8) is 0 Å². The summed E-state index contributed by atoms with van der Waals surface area (Å²) in [4.78, 5) is 0. The summed E-state index contributed by atoms with van der Waals surface area (Å²) in [6.07, 6.45) is 7.45. The Balaban J connectivity index is 2.02. The second kappa shape index (κ2) is 5.38. The van der Waals surface area contributed by atoms with Gasteiger partial charge in [0.1, 0.15) is 11.3 Å². The second-order valence-corrected chi connectivity index (χ2v) is 5.72. The number of benzene rings is 1. The molecule has 1 unspecified atom stereocenters. The normalized spacial score (nSPS) is 24.5. The maximum Gasteiger partial charge on any atom is 0.134 e. The molecule has 1 atom stereocenters. The topological polar surface area (TPSA) is 25.2 Å². The zero-order valence-electron chi connectivity index (χ0n) is 11.7. The zero-order valence-corrected chi connectivity index (χ0v) is 11.7. The largest absolute Gasteiger partial charge is 0.459 e. The van der Waals surface area contributed by atoms with Gasteiger partial charge in [-0.05, 0) is 37.9 Å². The number of fused-ring (bicyclic) bond motifs is 1. The molecule has 0 amide bonds. The molecule has 1 aromatic carbocycles. The fourth-order valence-electron chi connectivity index (χ4n) is 3.34. The van der Waals surface area contributed by atoms with E-state index >= 15 is 0 Å². The third kappa shape index (κ3) is 2.42. The maximum absolute atomic E-state index is 6.16. The van der Waals surface area contributed by atoms with Crippen LogP contribution in [0.5, 0.6) is 0 Å². The Bertz CT molecular complexity index is 502. The first-order valence-corrected chi connectivity index (χ1v) is 7.58. The highest BCUT2D eigenvalue weighted by molar-refractivity contribution is 5.78. The number of nitrogens with one attached hydrogen (secondary N) is 1. The summed E-state index contributed by atoms with van der Waals surface area (Å²) in [7, 11) is 0. The van der Waals surface area contributed by atoms with Crippen LogP contribution >= 0.6 is 0 Å². The molecule has 2 aromatic rings. The Morgan fingerprint density at radius 3 is 2.95 bits per heavy atom. The molecule has 0 aliphatic carbocycles. The maximum atomic E-state index is 6.16. The third-order valence-corrected chi connectivity index (χ3v) is 4.32. The SMILES string of the molecule is CCCC1(c2cc3ccccc3o2)CCCCCN1. The molecular weight excluding hydrogens is 234 g/mol. The van der Waals surface area contributed by atoms with Crippen LogP contribution in [-0.2, 0) is 5.54 Å². The standard InChI is InChI=1S/C17H23NO/c1-2-10-17(11-6-3-7-12-18-17)16-13-14-8-4-5-9-15(14)19-16/h4-5,8-9,13,18H,2-3,6-7,10-12H2,1H3. The molecule has 0 saturated carbocycles. The second-order valence-electron chi connectivity index (χ2n) is 5.72. The number of hydrogen-bond donors (Lipinski definition) is 1. The molecule has 1 fully saturated rings.